The van der Waals surface area contributed by atoms with E-state index in [0.29, 0.717) is 13.9 Å². The molecule has 4 rings (SSSR count). The molecule has 3 heterocycles. The SMILES string of the molecule is NNC(=O)c1nc(Cn2nc(-c3ccc(Cl)cc3)n(CC(O)C(F)(F)F)c2=O)nn1-c1ncccc1OC(F)(F)F. The van der Waals surface area contributed by atoms with Gasteiger partial charge in [-0.25, -0.2) is 25.3 Å². The van der Waals surface area contributed by atoms with Gasteiger partial charge in [0.2, 0.25) is 5.82 Å². The number of benzene rings is 1. The molecule has 0 bridgehead atoms. The molecule has 0 aliphatic carbocycles. The van der Waals surface area contributed by atoms with E-state index in [1.807, 2.05) is 0 Å². The summed E-state index contributed by atoms with van der Waals surface area (Å²) in [6, 6.07) is 7.51. The Morgan fingerprint density at radius 2 is 1.80 bits per heavy atom. The van der Waals surface area contributed by atoms with E-state index in [2.05, 4.69) is 24.9 Å². The van der Waals surface area contributed by atoms with Gasteiger partial charge in [-0.2, -0.15) is 17.9 Å². The maximum absolute atomic E-state index is 13.1. The minimum Gasteiger partial charge on any atom is -0.402 e. The summed E-state index contributed by atoms with van der Waals surface area (Å²) in [5.41, 5.74) is 0.752. The van der Waals surface area contributed by atoms with Gasteiger partial charge in [-0.1, -0.05) is 11.6 Å². The second-order valence-corrected chi connectivity index (χ2v) is 8.49. The first-order chi connectivity index (χ1) is 19.2. The number of nitrogens with zero attached hydrogens (tertiary/aromatic N) is 7. The lowest BCUT2D eigenvalue weighted by Gasteiger charge is -2.15. The average molecular weight is 608 g/mol. The van der Waals surface area contributed by atoms with Crippen LogP contribution in [-0.2, 0) is 13.1 Å². The number of hydrazine groups is 1. The molecule has 0 fully saturated rings. The third-order valence-electron chi connectivity index (χ3n) is 5.21. The van der Waals surface area contributed by atoms with Crippen molar-refractivity contribution in [2.75, 3.05) is 0 Å². The van der Waals surface area contributed by atoms with Crippen molar-refractivity contribution in [2.45, 2.75) is 31.7 Å². The fraction of sp³-hybridized carbons (Fsp3) is 0.238. The molecule has 0 saturated carbocycles. The molecular formula is C21H16ClF6N9O4. The molecule has 0 saturated heterocycles. The number of aliphatic hydroxyl groups excluding tert-OH is 1. The van der Waals surface area contributed by atoms with Gasteiger partial charge < -0.3 is 9.84 Å². The van der Waals surface area contributed by atoms with Gasteiger partial charge in [0.15, 0.2) is 29.3 Å². The topological polar surface area (TPSA) is 168 Å². The van der Waals surface area contributed by atoms with Crippen LogP contribution in [0.5, 0.6) is 5.75 Å². The first kappa shape index (κ1) is 29.5. The number of amides is 1. The minimum absolute atomic E-state index is 0.156. The Bertz CT molecular complexity index is 1620. The van der Waals surface area contributed by atoms with Gasteiger partial charge in [-0.15, -0.1) is 23.4 Å². The van der Waals surface area contributed by atoms with Gasteiger partial charge in [0.05, 0.1) is 6.54 Å². The highest BCUT2D eigenvalue weighted by Crippen LogP contribution is 2.28. The van der Waals surface area contributed by atoms with Crippen LogP contribution in [0.1, 0.15) is 16.4 Å². The summed E-state index contributed by atoms with van der Waals surface area (Å²) < 4.78 is 83.7. The van der Waals surface area contributed by atoms with E-state index in [9.17, 15) is 41.0 Å². The van der Waals surface area contributed by atoms with Crippen LogP contribution in [0.3, 0.4) is 0 Å². The summed E-state index contributed by atoms with van der Waals surface area (Å²) >= 11 is 5.86. The number of aromatic nitrogens is 7. The standard InChI is InChI=1S/C21H16ClF6N9O4/c22-11-5-3-10(4-6-11)15-34-36(19(40)35(15)8-13(38)20(23,24)25)9-14-31-17(18(39)32-29)37(33-14)16-12(2-1-7-30-16)41-21(26,27)28/h1-7,13,38H,8-9,29H2,(H,32,39). The molecule has 4 aromatic rings. The van der Waals surface area contributed by atoms with Crippen molar-refractivity contribution in [3.8, 4) is 23.0 Å². The summed E-state index contributed by atoms with van der Waals surface area (Å²) in [6.45, 7) is -1.91. The molecule has 3 aromatic heterocycles. The van der Waals surface area contributed by atoms with Crippen LogP contribution in [0.15, 0.2) is 47.4 Å². The Morgan fingerprint density at radius 3 is 2.41 bits per heavy atom. The molecule has 1 atom stereocenters. The molecule has 1 unspecified atom stereocenters. The zero-order valence-corrected chi connectivity index (χ0v) is 20.8. The summed E-state index contributed by atoms with van der Waals surface area (Å²) in [4.78, 5) is 33.1. The maximum Gasteiger partial charge on any atom is 0.573 e. The smallest absolute Gasteiger partial charge is 0.402 e. The van der Waals surface area contributed by atoms with Crippen LogP contribution >= 0.6 is 11.6 Å². The number of hydrogen-bond acceptors (Lipinski definition) is 9. The van der Waals surface area contributed by atoms with Crippen molar-refractivity contribution in [3.63, 3.8) is 0 Å². The quantitative estimate of drug-likeness (QED) is 0.117. The third kappa shape index (κ3) is 6.64. The highest BCUT2D eigenvalue weighted by atomic mass is 35.5. The van der Waals surface area contributed by atoms with Crippen LogP contribution < -0.4 is 21.7 Å². The summed E-state index contributed by atoms with van der Waals surface area (Å²) in [5.74, 6) is 1.16. The van der Waals surface area contributed by atoms with E-state index in [4.69, 9.17) is 17.4 Å². The Labute approximate surface area is 228 Å². The Morgan fingerprint density at radius 1 is 1.12 bits per heavy atom. The Kier molecular flexibility index (Phi) is 8.04. The number of hydrogen-bond donors (Lipinski definition) is 3. The van der Waals surface area contributed by atoms with Gasteiger partial charge in [0, 0.05) is 16.8 Å². The number of nitrogen functional groups attached to an aromatic ring is 1. The van der Waals surface area contributed by atoms with Gasteiger partial charge in [-0.3, -0.25) is 14.8 Å². The van der Waals surface area contributed by atoms with E-state index in [1.165, 1.54) is 24.3 Å². The molecule has 41 heavy (non-hydrogen) atoms. The van der Waals surface area contributed by atoms with Crippen molar-refractivity contribution < 1.29 is 41.0 Å². The first-order valence-corrected chi connectivity index (χ1v) is 11.4. The van der Waals surface area contributed by atoms with Crippen LogP contribution in [-0.4, -0.2) is 63.8 Å². The monoisotopic (exact) mass is 607 g/mol. The fourth-order valence-corrected chi connectivity index (χ4v) is 3.58. The van der Waals surface area contributed by atoms with Crippen LogP contribution in [0.25, 0.3) is 17.2 Å². The van der Waals surface area contributed by atoms with E-state index in [0.717, 1.165) is 18.3 Å². The normalized spacial score (nSPS) is 12.8. The summed E-state index contributed by atoms with van der Waals surface area (Å²) in [5, 5.41) is 17.8. The number of nitrogens with two attached hydrogens (primary N) is 1. The molecule has 1 amide bonds. The summed E-state index contributed by atoms with van der Waals surface area (Å²) in [7, 11) is 0. The van der Waals surface area contributed by atoms with Crippen LogP contribution in [0.2, 0.25) is 5.02 Å². The van der Waals surface area contributed by atoms with Gasteiger partial charge in [-0.05, 0) is 36.4 Å². The van der Waals surface area contributed by atoms with E-state index in [1.54, 1.807) is 5.43 Å². The van der Waals surface area contributed by atoms with Gasteiger partial charge in [0.25, 0.3) is 0 Å². The predicted octanol–water partition coefficient (Wildman–Crippen LogP) is 1.81. The molecule has 218 valence electrons. The third-order valence-corrected chi connectivity index (χ3v) is 5.46. The highest BCUT2D eigenvalue weighted by Gasteiger charge is 2.39. The average Bonchev–Trinajstić information content (AvgIpc) is 3.44. The molecule has 4 N–H and O–H groups in total. The number of nitrogens with one attached hydrogen (secondary N) is 1. The second-order valence-electron chi connectivity index (χ2n) is 8.05. The number of alkyl halides is 6. The zero-order chi connectivity index (χ0) is 30.1. The van der Waals surface area contributed by atoms with Crippen LogP contribution in [0, 0.1) is 0 Å². The maximum atomic E-state index is 13.1. The molecule has 0 radical (unpaired) electrons. The molecule has 20 heteroatoms. The molecule has 0 spiro atoms. The first-order valence-electron chi connectivity index (χ1n) is 11.0. The van der Waals surface area contributed by atoms with E-state index >= 15 is 0 Å². The second kappa shape index (κ2) is 11.2. The molecular weight excluding hydrogens is 592 g/mol. The highest BCUT2D eigenvalue weighted by molar-refractivity contribution is 6.30. The number of carbonyl (C=O) groups excluding carboxylic acids is 1. The number of carbonyl (C=O) groups is 1. The number of halogens is 7. The molecule has 13 nitrogen and oxygen atoms in total. The zero-order valence-electron chi connectivity index (χ0n) is 20.1. The fourth-order valence-electron chi connectivity index (χ4n) is 3.46. The van der Waals surface area contributed by atoms with Gasteiger partial charge >= 0.3 is 24.1 Å². The predicted molar refractivity (Wildman–Crippen MR) is 126 cm³/mol. The number of ether oxygens (including phenoxy) is 1. The van der Waals surface area contributed by atoms with Crippen molar-refractivity contribution in [1.29, 1.82) is 0 Å². The van der Waals surface area contributed by atoms with E-state index < -0.39 is 66.5 Å². The number of aliphatic hydroxyl groups is 1. The lowest BCUT2D eigenvalue weighted by Crippen LogP contribution is -2.37. The molecule has 1 aromatic carbocycles. The van der Waals surface area contributed by atoms with Crippen molar-refractivity contribution in [2.24, 2.45) is 5.84 Å². The van der Waals surface area contributed by atoms with Crippen molar-refractivity contribution in [3.05, 3.63) is 69.8 Å². The Hall–Kier alpha value is -4.49. The molecule has 0 aliphatic rings. The largest absolute Gasteiger partial charge is 0.573 e. The van der Waals surface area contributed by atoms with Crippen LogP contribution in [0.4, 0.5) is 26.3 Å². The lowest BCUT2D eigenvalue weighted by atomic mass is 10.2. The minimum atomic E-state index is -5.14. The van der Waals surface area contributed by atoms with Crippen molar-refractivity contribution in [1.82, 2.24) is 39.5 Å². The van der Waals surface area contributed by atoms with Gasteiger partial charge in [0.1, 0.15) is 6.54 Å². The molecule has 0 aliphatic heterocycles. The number of pyridine rings is 1. The lowest BCUT2D eigenvalue weighted by molar-refractivity contribution is -0.274. The number of rotatable bonds is 8. The van der Waals surface area contributed by atoms with Crippen molar-refractivity contribution >= 4 is 17.5 Å². The summed E-state index contributed by atoms with van der Waals surface area (Å²) in [6.07, 6.45) is -12.1. The Balaban J connectivity index is 1.80. The van der Waals surface area contributed by atoms with E-state index in [-0.39, 0.29) is 16.4 Å².